The molecule has 1 aromatic carbocycles. The van der Waals surface area contributed by atoms with Crippen molar-refractivity contribution >= 4 is 11.8 Å². The first-order valence-corrected chi connectivity index (χ1v) is 8.69. The van der Waals surface area contributed by atoms with Gasteiger partial charge in [0.1, 0.15) is 5.82 Å². The zero-order valence-electron chi connectivity index (χ0n) is 13.8. The zero-order valence-corrected chi connectivity index (χ0v) is 13.8. The first kappa shape index (κ1) is 16.9. The lowest BCUT2D eigenvalue weighted by Gasteiger charge is -2.38. The van der Waals surface area contributed by atoms with Crippen LogP contribution in [0.2, 0.25) is 0 Å². The van der Waals surface area contributed by atoms with E-state index in [4.69, 9.17) is 0 Å². The Labute approximate surface area is 141 Å². The standard InChI is InChI=1S/C18H24FN3O2/c19-15-7-5-14(6-8-15)18(24)20-13-17(23)22-11-9-21(10-12-22)16-3-1-2-4-16/h5-8,16H,1-4,9-13H2,(H,20,24). The summed E-state index contributed by atoms with van der Waals surface area (Å²) in [6.07, 6.45) is 5.20. The predicted molar refractivity (Wildman–Crippen MR) is 89.1 cm³/mol. The summed E-state index contributed by atoms with van der Waals surface area (Å²) in [5.41, 5.74) is 0.357. The fraction of sp³-hybridized carbons (Fsp3) is 0.556. The topological polar surface area (TPSA) is 52.7 Å². The van der Waals surface area contributed by atoms with E-state index in [1.165, 1.54) is 49.9 Å². The number of rotatable bonds is 4. The second-order valence-electron chi connectivity index (χ2n) is 6.54. The lowest BCUT2D eigenvalue weighted by molar-refractivity contribution is -0.132. The van der Waals surface area contributed by atoms with Gasteiger partial charge in [0.15, 0.2) is 0 Å². The van der Waals surface area contributed by atoms with Crippen molar-refractivity contribution in [3.05, 3.63) is 35.6 Å². The predicted octanol–water partition coefficient (Wildman–Crippen LogP) is 1.64. The number of piperazine rings is 1. The van der Waals surface area contributed by atoms with Crippen molar-refractivity contribution in [3.8, 4) is 0 Å². The van der Waals surface area contributed by atoms with E-state index in [0.29, 0.717) is 11.6 Å². The number of carbonyl (C=O) groups is 2. The third kappa shape index (κ3) is 4.12. The van der Waals surface area contributed by atoms with Crippen molar-refractivity contribution in [2.24, 2.45) is 0 Å². The zero-order chi connectivity index (χ0) is 16.9. The first-order chi connectivity index (χ1) is 11.6. The Morgan fingerprint density at radius 3 is 2.29 bits per heavy atom. The highest BCUT2D eigenvalue weighted by Gasteiger charge is 2.27. The molecule has 5 nitrogen and oxygen atoms in total. The number of halogens is 1. The van der Waals surface area contributed by atoms with Gasteiger partial charge in [0.2, 0.25) is 5.91 Å². The summed E-state index contributed by atoms with van der Waals surface area (Å²) >= 11 is 0. The van der Waals surface area contributed by atoms with Crippen molar-refractivity contribution in [2.45, 2.75) is 31.7 Å². The van der Waals surface area contributed by atoms with Gasteiger partial charge in [0, 0.05) is 37.8 Å². The van der Waals surface area contributed by atoms with Crippen LogP contribution in [0.1, 0.15) is 36.0 Å². The van der Waals surface area contributed by atoms with Crippen LogP contribution in [0.4, 0.5) is 4.39 Å². The maximum absolute atomic E-state index is 12.9. The number of nitrogens with one attached hydrogen (secondary N) is 1. The molecule has 0 radical (unpaired) electrons. The van der Waals surface area contributed by atoms with Crippen molar-refractivity contribution in [1.29, 1.82) is 0 Å². The van der Waals surface area contributed by atoms with Crippen molar-refractivity contribution in [2.75, 3.05) is 32.7 Å². The molecule has 0 bridgehead atoms. The Hall–Kier alpha value is -1.95. The molecule has 1 saturated heterocycles. The van der Waals surface area contributed by atoms with Gasteiger partial charge in [-0.25, -0.2) is 4.39 Å². The number of hydrogen-bond donors (Lipinski definition) is 1. The average Bonchev–Trinajstić information content (AvgIpc) is 3.15. The van der Waals surface area contributed by atoms with E-state index >= 15 is 0 Å². The molecule has 6 heteroatoms. The highest BCUT2D eigenvalue weighted by molar-refractivity contribution is 5.96. The van der Waals surface area contributed by atoms with E-state index in [9.17, 15) is 14.0 Å². The van der Waals surface area contributed by atoms with Crippen molar-refractivity contribution < 1.29 is 14.0 Å². The molecule has 2 aliphatic rings. The number of amides is 2. The second kappa shape index (κ2) is 7.75. The van der Waals surface area contributed by atoms with E-state index in [0.717, 1.165) is 26.2 Å². The molecule has 0 unspecified atom stereocenters. The SMILES string of the molecule is O=C(NCC(=O)N1CCN(C2CCCC2)CC1)c1ccc(F)cc1. The fourth-order valence-electron chi connectivity index (χ4n) is 3.58. The third-order valence-electron chi connectivity index (χ3n) is 5.01. The normalized spacial score (nSPS) is 19.5. The number of hydrogen-bond acceptors (Lipinski definition) is 3. The van der Waals surface area contributed by atoms with Crippen molar-refractivity contribution in [3.63, 3.8) is 0 Å². The molecule has 1 aromatic rings. The molecule has 0 spiro atoms. The van der Waals surface area contributed by atoms with Crippen LogP contribution in [0.3, 0.4) is 0 Å². The van der Waals surface area contributed by atoms with E-state index < -0.39 is 0 Å². The van der Waals surface area contributed by atoms with E-state index in [1.54, 1.807) is 0 Å². The van der Waals surface area contributed by atoms with Crippen LogP contribution >= 0.6 is 0 Å². The van der Waals surface area contributed by atoms with Crippen LogP contribution in [0.25, 0.3) is 0 Å². The monoisotopic (exact) mass is 333 g/mol. The average molecular weight is 333 g/mol. The van der Waals surface area contributed by atoms with Gasteiger partial charge in [-0.3, -0.25) is 14.5 Å². The molecular formula is C18H24FN3O2. The van der Waals surface area contributed by atoms with Gasteiger partial charge < -0.3 is 10.2 Å². The van der Waals surface area contributed by atoms with Gasteiger partial charge in [-0.15, -0.1) is 0 Å². The van der Waals surface area contributed by atoms with Crippen LogP contribution < -0.4 is 5.32 Å². The number of nitrogens with zero attached hydrogens (tertiary/aromatic N) is 2. The quantitative estimate of drug-likeness (QED) is 0.911. The molecule has 2 amide bonds. The van der Waals surface area contributed by atoms with Crippen LogP contribution in [-0.2, 0) is 4.79 Å². The first-order valence-electron chi connectivity index (χ1n) is 8.69. The van der Waals surface area contributed by atoms with Gasteiger partial charge in [-0.1, -0.05) is 12.8 Å². The number of benzene rings is 1. The Morgan fingerprint density at radius 2 is 1.67 bits per heavy atom. The highest BCUT2D eigenvalue weighted by Crippen LogP contribution is 2.24. The summed E-state index contributed by atoms with van der Waals surface area (Å²) in [7, 11) is 0. The van der Waals surface area contributed by atoms with Crippen LogP contribution in [-0.4, -0.2) is 60.4 Å². The third-order valence-corrected chi connectivity index (χ3v) is 5.01. The Balaban J connectivity index is 1.42. The molecule has 0 aromatic heterocycles. The van der Waals surface area contributed by atoms with Gasteiger partial charge in [-0.2, -0.15) is 0 Å². The minimum atomic E-state index is -0.386. The smallest absolute Gasteiger partial charge is 0.251 e. The summed E-state index contributed by atoms with van der Waals surface area (Å²) in [5, 5.41) is 2.62. The molecule has 3 rings (SSSR count). The minimum absolute atomic E-state index is 0.0142. The second-order valence-corrected chi connectivity index (χ2v) is 6.54. The molecule has 0 atom stereocenters. The Morgan fingerprint density at radius 1 is 1.04 bits per heavy atom. The van der Waals surface area contributed by atoms with E-state index in [2.05, 4.69) is 10.2 Å². The van der Waals surface area contributed by atoms with E-state index in [-0.39, 0.29) is 24.2 Å². The van der Waals surface area contributed by atoms with E-state index in [1.807, 2.05) is 4.90 Å². The Bertz CT molecular complexity index is 576. The lowest BCUT2D eigenvalue weighted by atomic mass is 10.2. The van der Waals surface area contributed by atoms with Gasteiger partial charge in [0.25, 0.3) is 5.91 Å². The van der Waals surface area contributed by atoms with Crippen LogP contribution in [0.5, 0.6) is 0 Å². The van der Waals surface area contributed by atoms with Crippen LogP contribution in [0.15, 0.2) is 24.3 Å². The van der Waals surface area contributed by atoms with Gasteiger partial charge in [0.05, 0.1) is 6.54 Å². The molecule has 1 N–H and O–H groups in total. The minimum Gasteiger partial charge on any atom is -0.343 e. The van der Waals surface area contributed by atoms with Crippen LogP contribution in [0, 0.1) is 5.82 Å². The molecule has 24 heavy (non-hydrogen) atoms. The number of carbonyl (C=O) groups excluding carboxylic acids is 2. The molecule has 1 aliphatic heterocycles. The maximum Gasteiger partial charge on any atom is 0.251 e. The van der Waals surface area contributed by atoms with Gasteiger partial charge in [-0.05, 0) is 37.1 Å². The summed E-state index contributed by atoms with van der Waals surface area (Å²) in [6.45, 7) is 3.27. The molecule has 2 fully saturated rings. The molecule has 1 heterocycles. The molecule has 1 saturated carbocycles. The summed E-state index contributed by atoms with van der Waals surface area (Å²) in [5.74, 6) is -0.799. The lowest BCUT2D eigenvalue weighted by Crippen LogP contribution is -2.53. The Kier molecular flexibility index (Phi) is 5.45. The van der Waals surface area contributed by atoms with Crippen molar-refractivity contribution in [1.82, 2.24) is 15.1 Å². The highest BCUT2D eigenvalue weighted by atomic mass is 19.1. The largest absolute Gasteiger partial charge is 0.343 e. The molecule has 1 aliphatic carbocycles. The maximum atomic E-state index is 12.9. The fourth-order valence-corrected chi connectivity index (χ4v) is 3.58. The summed E-state index contributed by atoms with van der Waals surface area (Å²) < 4.78 is 12.9. The van der Waals surface area contributed by atoms with Gasteiger partial charge >= 0.3 is 0 Å². The summed E-state index contributed by atoms with van der Waals surface area (Å²) in [6, 6.07) is 5.99. The molecular weight excluding hydrogens is 309 g/mol. The molecule has 130 valence electrons. The summed E-state index contributed by atoms with van der Waals surface area (Å²) in [4.78, 5) is 28.5.